The van der Waals surface area contributed by atoms with Gasteiger partial charge in [-0.1, -0.05) is 80.6 Å². The van der Waals surface area contributed by atoms with E-state index in [1.165, 1.54) is 10.9 Å². The van der Waals surface area contributed by atoms with Crippen molar-refractivity contribution in [2.75, 3.05) is 0 Å². The first-order valence-corrected chi connectivity index (χ1v) is 18.0. The highest BCUT2D eigenvalue weighted by atomic mass is 16.5. The number of hydrogen-bond donors (Lipinski definition) is 0. The SMILES string of the molecule is CC(C)c1ccnc(-n2c3ccccc3c3ccc(Oc4cccc(-n5cc(-c6c(Oc7ccccc7)cccc6Oc6ccccc6)cn5)c4)cc32)c1. The van der Waals surface area contributed by atoms with Gasteiger partial charge in [0.15, 0.2) is 0 Å². The highest BCUT2D eigenvalue weighted by Crippen LogP contribution is 2.42. The number of nitrogens with zero attached hydrogens (tertiary/aromatic N) is 4. The molecule has 0 aliphatic rings. The maximum Gasteiger partial charge on any atom is 0.139 e. The second kappa shape index (κ2) is 14.1. The highest BCUT2D eigenvalue weighted by Gasteiger charge is 2.19. The molecule has 0 aliphatic carbocycles. The quantitative estimate of drug-likeness (QED) is 0.142. The minimum Gasteiger partial charge on any atom is -0.457 e. The Kier molecular flexibility index (Phi) is 8.57. The molecule has 3 aromatic heterocycles. The highest BCUT2D eigenvalue weighted by molar-refractivity contribution is 6.09. The fourth-order valence-electron chi connectivity index (χ4n) is 6.79. The van der Waals surface area contributed by atoms with Crippen LogP contribution < -0.4 is 14.2 Å². The van der Waals surface area contributed by atoms with E-state index < -0.39 is 0 Å². The second-order valence-corrected chi connectivity index (χ2v) is 13.4. The molecule has 0 N–H and O–H groups in total. The zero-order valence-corrected chi connectivity index (χ0v) is 29.8. The van der Waals surface area contributed by atoms with E-state index in [1.54, 1.807) is 0 Å². The van der Waals surface area contributed by atoms with Crippen LogP contribution in [0.15, 0.2) is 176 Å². The molecule has 0 fully saturated rings. The smallest absolute Gasteiger partial charge is 0.139 e. The average Bonchev–Trinajstić information content (AvgIpc) is 3.82. The lowest BCUT2D eigenvalue weighted by molar-refractivity contribution is 0.463. The summed E-state index contributed by atoms with van der Waals surface area (Å²) in [4.78, 5) is 4.80. The van der Waals surface area contributed by atoms with Crippen molar-refractivity contribution in [2.45, 2.75) is 19.8 Å². The predicted molar refractivity (Wildman–Crippen MR) is 215 cm³/mol. The van der Waals surface area contributed by atoms with E-state index >= 15 is 0 Å². The molecule has 0 saturated carbocycles. The molecule has 0 radical (unpaired) electrons. The summed E-state index contributed by atoms with van der Waals surface area (Å²) >= 11 is 0. The van der Waals surface area contributed by atoms with E-state index in [2.05, 4.69) is 66.9 Å². The maximum atomic E-state index is 6.55. The van der Waals surface area contributed by atoms with Crippen molar-refractivity contribution in [3.05, 3.63) is 182 Å². The fraction of sp³-hybridized carbons (Fsp3) is 0.0638. The first-order chi connectivity index (χ1) is 26.6. The molecular formula is C47H36N4O3. The third kappa shape index (κ3) is 6.44. The molecule has 262 valence electrons. The Morgan fingerprint density at radius 2 is 1.19 bits per heavy atom. The minimum atomic E-state index is 0.388. The lowest BCUT2D eigenvalue weighted by Crippen LogP contribution is -1.99. The van der Waals surface area contributed by atoms with Crippen molar-refractivity contribution < 1.29 is 14.2 Å². The van der Waals surface area contributed by atoms with Gasteiger partial charge in [0.1, 0.15) is 40.3 Å². The summed E-state index contributed by atoms with van der Waals surface area (Å²) in [6.07, 6.45) is 5.70. The Labute approximate surface area is 313 Å². The third-order valence-electron chi connectivity index (χ3n) is 9.43. The Balaban J connectivity index is 1.06. The van der Waals surface area contributed by atoms with E-state index in [0.717, 1.165) is 56.3 Å². The van der Waals surface area contributed by atoms with Crippen LogP contribution in [-0.2, 0) is 0 Å². The molecule has 0 amide bonds. The lowest BCUT2D eigenvalue weighted by Gasteiger charge is -2.15. The average molecular weight is 705 g/mol. The molecule has 7 nitrogen and oxygen atoms in total. The van der Waals surface area contributed by atoms with Crippen molar-refractivity contribution in [1.29, 1.82) is 0 Å². The Bertz CT molecular complexity index is 2680. The van der Waals surface area contributed by atoms with Crippen LogP contribution in [-0.4, -0.2) is 19.3 Å². The molecule has 0 aliphatic heterocycles. The number of benzene rings is 6. The van der Waals surface area contributed by atoms with Gasteiger partial charge < -0.3 is 14.2 Å². The monoisotopic (exact) mass is 704 g/mol. The minimum absolute atomic E-state index is 0.388. The van der Waals surface area contributed by atoms with Crippen molar-refractivity contribution in [3.8, 4) is 57.1 Å². The van der Waals surface area contributed by atoms with E-state index in [1.807, 2.05) is 132 Å². The van der Waals surface area contributed by atoms with Crippen LogP contribution in [0.3, 0.4) is 0 Å². The summed E-state index contributed by atoms with van der Waals surface area (Å²) in [7, 11) is 0. The third-order valence-corrected chi connectivity index (χ3v) is 9.43. The zero-order valence-electron chi connectivity index (χ0n) is 29.8. The van der Waals surface area contributed by atoms with Gasteiger partial charge in [0.2, 0.25) is 0 Å². The Hall–Kier alpha value is -7.12. The van der Waals surface area contributed by atoms with E-state index in [-0.39, 0.29) is 0 Å². The molecular weight excluding hydrogens is 669 g/mol. The van der Waals surface area contributed by atoms with E-state index in [4.69, 9.17) is 24.3 Å². The van der Waals surface area contributed by atoms with Gasteiger partial charge in [-0.3, -0.25) is 4.57 Å². The van der Waals surface area contributed by atoms with Crippen LogP contribution in [0.2, 0.25) is 0 Å². The van der Waals surface area contributed by atoms with Gasteiger partial charge in [0.05, 0.1) is 28.5 Å². The zero-order chi connectivity index (χ0) is 36.4. The topological polar surface area (TPSA) is 63.3 Å². The van der Waals surface area contributed by atoms with Crippen LogP contribution in [0.4, 0.5) is 0 Å². The van der Waals surface area contributed by atoms with E-state index in [9.17, 15) is 0 Å². The van der Waals surface area contributed by atoms with Gasteiger partial charge in [-0.05, 0) is 90.3 Å². The maximum absolute atomic E-state index is 6.55. The number of fused-ring (bicyclic) bond motifs is 3. The summed E-state index contributed by atoms with van der Waals surface area (Å²) in [5, 5.41) is 7.08. The van der Waals surface area contributed by atoms with Crippen molar-refractivity contribution >= 4 is 21.8 Å². The molecule has 6 aromatic carbocycles. The predicted octanol–water partition coefficient (Wildman–Crippen LogP) is 12.5. The summed E-state index contributed by atoms with van der Waals surface area (Å²) in [5.74, 6) is 5.45. The number of pyridine rings is 1. The first kappa shape index (κ1) is 32.8. The molecule has 7 heteroatoms. The summed E-state index contributed by atoms with van der Waals surface area (Å²) < 4.78 is 23.4. The molecule has 0 bridgehead atoms. The van der Waals surface area contributed by atoms with Crippen LogP contribution >= 0.6 is 0 Å². The van der Waals surface area contributed by atoms with Gasteiger partial charge >= 0.3 is 0 Å². The molecule has 0 saturated heterocycles. The van der Waals surface area contributed by atoms with Crippen molar-refractivity contribution in [3.63, 3.8) is 0 Å². The molecule has 0 spiro atoms. The number of rotatable bonds is 10. The molecule has 9 aromatic rings. The molecule has 9 rings (SSSR count). The fourth-order valence-corrected chi connectivity index (χ4v) is 6.79. The second-order valence-electron chi connectivity index (χ2n) is 13.4. The Morgan fingerprint density at radius 3 is 1.93 bits per heavy atom. The summed E-state index contributed by atoms with van der Waals surface area (Å²) in [6, 6.07) is 52.2. The van der Waals surface area contributed by atoms with Gasteiger partial charge in [-0.15, -0.1) is 0 Å². The molecule has 3 heterocycles. The number of aromatic nitrogens is 4. The molecule has 54 heavy (non-hydrogen) atoms. The van der Waals surface area contributed by atoms with Crippen LogP contribution in [0.5, 0.6) is 34.5 Å². The van der Waals surface area contributed by atoms with Gasteiger partial charge in [-0.2, -0.15) is 5.10 Å². The first-order valence-electron chi connectivity index (χ1n) is 18.0. The van der Waals surface area contributed by atoms with Gasteiger partial charge in [0.25, 0.3) is 0 Å². The summed E-state index contributed by atoms with van der Waals surface area (Å²) in [5.41, 5.74) is 5.84. The van der Waals surface area contributed by atoms with Gasteiger partial charge in [-0.25, -0.2) is 9.67 Å². The van der Waals surface area contributed by atoms with E-state index in [0.29, 0.717) is 23.2 Å². The van der Waals surface area contributed by atoms with Crippen molar-refractivity contribution in [2.24, 2.45) is 0 Å². The number of para-hydroxylation sites is 3. The van der Waals surface area contributed by atoms with Crippen molar-refractivity contribution in [1.82, 2.24) is 19.3 Å². The largest absolute Gasteiger partial charge is 0.457 e. The van der Waals surface area contributed by atoms with Crippen LogP contribution in [0.1, 0.15) is 25.3 Å². The lowest BCUT2D eigenvalue weighted by atomic mass is 10.1. The van der Waals surface area contributed by atoms with Crippen LogP contribution in [0, 0.1) is 0 Å². The standard InChI is InChI=1S/C47H36N4O3/c1-32(2)33-25-26-48-46(27-33)51-42-20-10-9-19-40(42)41-24-23-39(29-43(41)51)52-38-18-11-13-35(28-38)50-31-34(30-49-50)47-44(53-36-14-5-3-6-15-36)21-12-22-45(47)54-37-16-7-4-8-17-37/h3-32H,1-2H3. The Morgan fingerprint density at radius 1 is 0.537 bits per heavy atom. The van der Waals surface area contributed by atoms with Crippen LogP contribution in [0.25, 0.3) is 44.4 Å². The normalized spacial score (nSPS) is 11.3. The number of ether oxygens (including phenoxy) is 3. The molecule has 0 atom stereocenters. The van der Waals surface area contributed by atoms with Gasteiger partial charge in [0, 0.05) is 40.9 Å². The molecule has 0 unspecified atom stereocenters. The summed E-state index contributed by atoms with van der Waals surface area (Å²) in [6.45, 7) is 4.40. The number of hydrogen-bond acceptors (Lipinski definition) is 5.